The Labute approximate surface area is 161 Å². The summed E-state index contributed by atoms with van der Waals surface area (Å²) in [5.41, 5.74) is 4.53. The van der Waals surface area contributed by atoms with E-state index in [0.29, 0.717) is 22.4 Å². The first kappa shape index (κ1) is 17.7. The van der Waals surface area contributed by atoms with Crippen LogP contribution in [-0.2, 0) is 14.4 Å². The Morgan fingerprint density at radius 2 is 1.61 bits per heavy atom. The maximum atomic E-state index is 13.0. The maximum Gasteiger partial charge on any atom is 0.262 e. The summed E-state index contributed by atoms with van der Waals surface area (Å²) in [5.74, 6) is -0.829. The van der Waals surface area contributed by atoms with Gasteiger partial charge in [-0.2, -0.15) is 0 Å². The third kappa shape index (κ3) is 2.70. The zero-order valence-electron chi connectivity index (χ0n) is 15.8. The van der Waals surface area contributed by atoms with Crippen molar-refractivity contribution in [2.45, 2.75) is 13.8 Å². The van der Waals surface area contributed by atoms with E-state index in [1.165, 1.54) is 14.0 Å². The summed E-state index contributed by atoms with van der Waals surface area (Å²) in [6, 6.07) is 14.6. The van der Waals surface area contributed by atoms with E-state index in [0.717, 1.165) is 27.1 Å². The van der Waals surface area contributed by atoms with Crippen LogP contribution in [0.25, 0.3) is 22.0 Å². The Morgan fingerprint density at radius 3 is 2.29 bits per heavy atom. The molecule has 2 heterocycles. The fraction of sp³-hybridized carbons (Fsp3) is 0.136. The Balaban J connectivity index is 1.94. The number of rotatable bonds is 3. The second kappa shape index (κ2) is 6.49. The molecular formula is C22H19N3O3. The Hall–Kier alpha value is -3.67. The molecule has 0 bridgehead atoms. The number of hydrogen-bond acceptors (Lipinski definition) is 3. The number of fused-ring (bicyclic) bond motifs is 1. The van der Waals surface area contributed by atoms with Crippen molar-refractivity contribution in [3.8, 4) is 0 Å². The van der Waals surface area contributed by atoms with Crippen LogP contribution in [0.4, 0.5) is 5.69 Å². The molecule has 3 amide bonds. The fourth-order valence-corrected chi connectivity index (χ4v) is 3.66. The van der Waals surface area contributed by atoms with Gasteiger partial charge in [-0.25, -0.2) is 0 Å². The molecule has 0 aliphatic carbocycles. The third-order valence-corrected chi connectivity index (χ3v) is 4.92. The van der Waals surface area contributed by atoms with E-state index in [-0.39, 0.29) is 17.7 Å². The number of benzene rings is 2. The molecular weight excluding hydrogens is 354 g/mol. The van der Waals surface area contributed by atoms with Gasteiger partial charge in [0.25, 0.3) is 11.8 Å². The number of imide groups is 1. The van der Waals surface area contributed by atoms with Gasteiger partial charge < -0.3 is 10.3 Å². The van der Waals surface area contributed by atoms with Gasteiger partial charge in [0.15, 0.2) is 0 Å². The summed E-state index contributed by atoms with van der Waals surface area (Å²) in [5, 5.41) is 3.60. The highest BCUT2D eigenvalue weighted by Gasteiger charge is 2.38. The third-order valence-electron chi connectivity index (χ3n) is 4.92. The molecule has 0 radical (unpaired) electrons. The number of carbonyl (C=O) groups excluding carboxylic acids is 3. The summed E-state index contributed by atoms with van der Waals surface area (Å²) >= 11 is 0. The van der Waals surface area contributed by atoms with Gasteiger partial charge in [-0.1, -0.05) is 30.3 Å². The first-order valence-corrected chi connectivity index (χ1v) is 8.91. The van der Waals surface area contributed by atoms with Crippen LogP contribution in [0.5, 0.6) is 0 Å². The number of aromatic amines is 1. The molecule has 1 aliphatic heterocycles. The first-order chi connectivity index (χ1) is 13.4. The van der Waals surface area contributed by atoms with Crippen molar-refractivity contribution in [1.82, 2.24) is 9.88 Å². The van der Waals surface area contributed by atoms with Crippen molar-refractivity contribution in [3.63, 3.8) is 0 Å². The molecule has 2 N–H and O–H groups in total. The zero-order valence-corrected chi connectivity index (χ0v) is 15.8. The van der Waals surface area contributed by atoms with Gasteiger partial charge in [-0.3, -0.25) is 19.3 Å². The van der Waals surface area contributed by atoms with Crippen LogP contribution in [0.2, 0.25) is 0 Å². The smallest absolute Gasteiger partial charge is 0.262 e. The van der Waals surface area contributed by atoms with Crippen molar-refractivity contribution >= 4 is 45.5 Å². The number of aryl methyl sites for hydroxylation is 1. The number of nitrogens with one attached hydrogen (secondary N) is 2. The van der Waals surface area contributed by atoms with E-state index in [9.17, 15) is 14.4 Å². The molecule has 0 spiro atoms. The molecule has 0 saturated carbocycles. The van der Waals surface area contributed by atoms with Crippen molar-refractivity contribution in [2.75, 3.05) is 12.4 Å². The van der Waals surface area contributed by atoms with E-state index in [1.807, 2.05) is 31.2 Å². The van der Waals surface area contributed by atoms with Gasteiger partial charge in [0, 0.05) is 41.8 Å². The molecule has 6 heteroatoms. The monoisotopic (exact) mass is 373 g/mol. The first-order valence-electron chi connectivity index (χ1n) is 8.91. The molecule has 3 aromatic rings. The molecule has 0 unspecified atom stereocenters. The summed E-state index contributed by atoms with van der Waals surface area (Å²) in [7, 11) is 1.49. The lowest BCUT2D eigenvalue weighted by Crippen LogP contribution is -2.26. The number of para-hydroxylation sites is 1. The Morgan fingerprint density at radius 1 is 0.964 bits per heavy atom. The second-order valence-corrected chi connectivity index (χ2v) is 6.85. The summed E-state index contributed by atoms with van der Waals surface area (Å²) in [6.07, 6.45) is 0. The molecule has 6 nitrogen and oxygen atoms in total. The second-order valence-electron chi connectivity index (χ2n) is 6.85. The molecule has 0 saturated heterocycles. The standard InChI is InChI=1S/C22H19N3O3/c1-12-18(16-6-4-5-7-17(16)23-12)20-19(21(27)25(3)22(20)28)14-8-10-15(11-9-14)24-13(2)26/h4-11,23H,1-3H3,(H,24,26). The number of likely N-dealkylation sites (N-methyl/N-ethyl adjacent to an activating group) is 1. The molecule has 4 rings (SSSR count). The summed E-state index contributed by atoms with van der Waals surface area (Å²) in [4.78, 5) is 41.6. The minimum absolute atomic E-state index is 0.172. The quantitative estimate of drug-likeness (QED) is 0.691. The maximum absolute atomic E-state index is 13.0. The Bertz CT molecular complexity index is 1170. The number of amides is 3. The van der Waals surface area contributed by atoms with Crippen molar-refractivity contribution in [3.05, 3.63) is 65.4 Å². The fourth-order valence-electron chi connectivity index (χ4n) is 3.66. The molecule has 1 aromatic heterocycles. The zero-order chi connectivity index (χ0) is 20.0. The minimum atomic E-state index is -0.336. The molecule has 1 aliphatic rings. The van der Waals surface area contributed by atoms with Gasteiger partial charge in [0.2, 0.25) is 5.91 Å². The molecule has 0 atom stereocenters. The highest BCUT2D eigenvalue weighted by Crippen LogP contribution is 2.39. The average Bonchev–Trinajstić information content (AvgIpc) is 3.10. The van der Waals surface area contributed by atoms with Crippen LogP contribution < -0.4 is 5.32 Å². The minimum Gasteiger partial charge on any atom is -0.358 e. The number of hydrogen-bond donors (Lipinski definition) is 2. The topological polar surface area (TPSA) is 82.3 Å². The van der Waals surface area contributed by atoms with Crippen molar-refractivity contribution in [2.24, 2.45) is 0 Å². The lowest BCUT2D eigenvalue weighted by Gasteiger charge is -2.07. The van der Waals surface area contributed by atoms with Gasteiger partial charge in [0.05, 0.1) is 11.1 Å². The van der Waals surface area contributed by atoms with Crippen LogP contribution in [0, 0.1) is 6.92 Å². The highest BCUT2D eigenvalue weighted by molar-refractivity contribution is 6.49. The lowest BCUT2D eigenvalue weighted by atomic mass is 9.94. The van der Waals surface area contributed by atoms with E-state index < -0.39 is 0 Å². The molecule has 140 valence electrons. The van der Waals surface area contributed by atoms with E-state index in [2.05, 4.69) is 10.3 Å². The normalized spacial score (nSPS) is 14.3. The van der Waals surface area contributed by atoms with Crippen molar-refractivity contribution in [1.29, 1.82) is 0 Å². The molecule has 0 fully saturated rings. The van der Waals surface area contributed by atoms with E-state index >= 15 is 0 Å². The summed E-state index contributed by atoms with van der Waals surface area (Å²) in [6.45, 7) is 3.33. The Kier molecular flexibility index (Phi) is 4.11. The van der Waals surface area contributed by atoms with Crippen LogP contribution in [0.1, 0.15) is 23.7 Å². The van der Waals surface area contributed by atoms with Crippen LogP contribution >= 0.6 is 0 Å². The van der Waals surface area contributed by atoms with Gasteiger partial charge >= 0.3 is 0 Å². The van der Waals surface area contributed by atoms with Crippen LogP contribution in [0.15, 0.2) is 48.5 Å². The van der Waals surface area contributed by atoms with Crippen LogP contribution in [-0.4, -0.2) is 34.7 Å². The van der Waals surface area contributed by atoms with Gasteiger partial charge in [-0.05, 0) is 30.7 Å². The molecule has 2 aromatic carbocycles. The number of carbonyl (C=O) groups is 3. The largest absolute Gasteiger partial charge is 0.358 e. The van der Waals surface area contributed by atoms with Gasteiger partial charge in [-0.15, -0.1) is 0 Å². The number of anilines is 1. The predicted molar refractivity (Wildman–Crippen MR) is 108 cm³/mol. The van der Waals surface area contributed by atoms with E-state index in [1.54, 1.807) is 24.3 Å². The number of aromatic nitrogens is 1. The van der Waals surface area contributed by atoms with Crippen LogP contribution in [0.3, 0.4) is 0 Å². The molecule has 28 heavy (non-hydrogen) atoms. The van der Waals surface area contributed by atoms with E-state index in [4.69, 9.17) is 0 Å². The highest BCUT2D eigenvalue weighted by atomic mass is 16.2. The number of nitrogens with zero attached hydrogens (tertiary/aromatic N) is 1. The number of H-pyrrole nitrogens is 1. The SMILES string of the molecule is CC(=O)Nc1ccc(C2=C(c3c(C)[nH]c4ccccc34)C(=O)N(C)C2=O)cc1. The van der Waals surface area contributed by atoms with Crippen molar-refractivity contribution < 1.29 is 14.4 Å². The predicted octanol–water partition coefficient (Wildman–Crippen LogP) is 3.34. The average molecular weight is 373 g/mol. The summed E-state index contributed by atoms with van der Waals surface area (Å²) < 4.78 is 0. The van der Waals surface area contributed by atoms with Gasteiger partial charge in [0.1, 0.15) is 0 Å². The lowest BCUT2D eigenvalue weighted by molar-refractivity contribution is -0.134.